The van der Waals surface area contributed by atoms with Crippen LogP contribution in [0.15, 0.2) is 48.8 Å². The molecule has 0 bridgehead atoms. The van der Waals surface area contributed by atoms with E-state index in [-0.39, 0.29) is 17.7 Å². The summed E-state index contributed by atoms with van der Waals surface area (Å²) in [5.41, 5.74) is 2.79. The Morgan fingerprint density at radius 2 is 1.84 bits per heavy atom. The van der Waals surface area contributed by atoms with Crippen LogP contribution in [0.5, 0.6) is 0 Å². The van der Waals surface area contributed by atoms with Crippen LogP contribution in [-0.2, 0) is 16.0 Å². The molecule has 1 atom stereocenters. The van der Waals surface area contributed by atoms with Crippen LogP contribution in [0.4, 0.5) is 0 Å². The molecule has 2 heterocycles. The third-order valence-corrected chi connectivity index (χ3v) is 7.06. The normalized spacial score (nSPS) is 21.3. The number of aromatic nitrogens is 1. The molecule has 1 aromatic carbocycles. The van der Waals surface area contributed by atoms with Crippen LogP contribution in [0.1, 0.15) is 51.5 Å². The topological polar surface area (TPSA) is 62.3 Å². The maximum atomic E-state index is 13.6. The summed E-state index contributed by atoms with van der Waals surface area (Å²) in [6.07, 6.45) is 9.21. The summed E-state index contributed by atoms with van der Waals surface area (Å²) < 4.78 is 0. The minimum atomic E-state index is -0.591. The Bertz CT molecular complexity index is 937. The quantitative estimate of drug-likeness (QED) is 0.701. The van der Waals surface area contributed by atoms with Gasteiger partial charge in [0.1, 0.15) is 0 Å². The highest BCUT2D eigenvalue weighted by atomic mass is 16.2. The molecule has 1 aliphatic carbocycles. The second-order valence-corrected chi connectivity index (χ2v) is 9.95. The fraction of sp³-hybridized carbons (Fsp3) is 0.519. The fourth-order valence-corrected chi connectivity index (χ4v) is 5.24. The Kier molecular flexibility index (Phi) is 6.92. The lowest BCUT2D eigenvalue weighted by molar-refractivity contribution is -0.136. The average molecular weight is 434 g/mol. The van der Waals surface area contributed by atoms with Gasteiger partial charge >= 0.3 is 0 Å². The number of carbonyl (C=O) groups excluding carboxylic acids is 2. The van der Waals surface area contributed by atoms with Crippen molar-refractivity contribution in [3.63, 3.8) is 0 Å². The Hall–Kier alpha value is -2.69. The first-order chi connectivity index (χ1) is 15.5. The van der Waals surface area contributed by atoms with Crippen LogP contribution in [0.3, 0.4) is 0 Å². The summed E-state index contributed by atoms with van der Waals surface area (Å²) in [4.78, 5) is 32.8. The molecule has 1 saturated heterocycles. The number of carbonyl (C=O) groups is 2. The van der Waals surface area contributed by atoms with Gasteiger partial charge in [-0.15, -0.1) is 0 Å². The lowest BCUT2D eigenvalue weighted by atomic mass is 9.78. The number of pyridine rings is 1. The first kappa shape index (κ1) is 22.5. The van der Waals surface area contributed by atoms with Crippen molar-refractivity contribution >= 4 is 11.8 Å². The lowest BCUT2D eigenvalue weighted by Crippen LogP contribution is -2.46. The first-order valence-electron chi connectivity index (χ1n) is 12.0. The number of amides is 2. The smallest absolute Gasteiger partial charge is 0.228 e. The minimum absolute atomic E-state index is 0.0810. The van der Waals surface area contributed by atoms with E-state index in [0.29, 0.717) is 38.4 Å². The molecule has 2 fully saturated rings. The van der Waals surface area contributed by atoms with Crippen molar-refractivity contribution in [2.75, 3.05) is 19.6 Å². The van der Waals surface area contributed by atoms with Crippen molar-refractivity contribution in [1.82, 2.24) is 15.2 Å². The molecule has 170 valence electrons. The summed E-state index contributed by atoms with van der Waals surface area (Å²) in [6.45, 7) is 6.05. The molecular weight excluding hydrogens is 398 g/mol. The van der Waals surface area contributed by atoms with Crippen LogP contribution >= 0.6 is 0 Å². The van der Waals surface area contributed by atoms with Crippen molar-refractivity contribution in [2.24, 2.45) is 17.3 Å². The zero-order chi connectivity index (χ0) is 22.6. The molecule has 1 unspecified atom stereocenters. The van der Waals surface area contributed by atoms with Crippen LogP contribution in [0.25, 0.3) is 11.1 Å². The maximum absolute atomic E-state index is 13.6. The van der Waals surface area contributed by atoms with Crippen molar-refractivity contribution < 1.29 is 9.59 Å². The summed E-state index contributed by atoms with van der Waals surface area (Å²) in [7, 11) is 0. The average Bonchev–Trinajstić information content (AvgIpc) is 3.49. The molecule has 0 spiro atoms. The van der Waals surface area contributed by atoms with E-state index in [0.717, 1.165) is 42.4 Å². The molecule has 2 aliphatic rings. The molecule has 5 nitrogen and oxygen atoms in total. The van der Waals surface area contributed by atoms with Gasteiger partial charge in [-0.25, -0.2) is 0 Å². The van der Waals surface area contributed by atoms with Crippen LogP contribution in [0, 0.1) is 17.3 Å². The molecule has 4 rings (SSSR count). The van der Waals surface area contributed by atoms with Gasteiger partial charge in [0.05, 0.1) is 5.41 Å². The van der Waals surface area contributed by atoms with E-state index in [2.05, 4.69) is 36.3 Å². The maximum Gasteiger partial charge on any atom is 0.228 e. The predicted octanol–water partition coefficient (Wildman–Crippen LogP) is 4.47. The predicted molar refractivity (Wildman–Crippen MR) is 127 cm³/mol. The molecule has 1 N–H and O–H groups in total. The Morgan fingerprint density at radius 3 is 2.56 bits per heavy atom. The number of likely N-dealkylation sites (tertiary alicyclic amines) is 1. The van der Waals surface area contributed by atoms with E-state index in [4.69, 9.17) is 0 Å². The van der Waals surface area contributed by atoms with Gasteiger partial charge in [0.2, 0.25) is 11.8 Å². The second kappa shape index (κ2) is 9.85. The van der Waals surface area contributed by atoms with E-state index in [1.165, 1.54) is 0 Å². The Balaban J connectivity index is 1.61. The van der Waals surface area contributed by atoms with Crippen molar-refractivity contribution in [1.29, 1.82) is 0 Å². The first-order valence-corrected chi connectivity index (χ1v) is 12.0. The van der Waals surface area contributed by atoms with Gasteiger partial charge < -0.3 is 10.2 Å². The SMILES string of the molecule is CC(C)CNC(=O)C1(Cc2ccccc2-c2ccncc2)CCN(C(=O)C2CCCC2)C1. The number of benzene rings is 1. The molecule has 32 heavy (non-hydrogen) atoms. The summed E-state index contributed by atoms with van der Waals surface area (Å²) in [6, 6.07) is 12.3. The highest BCUT2D eigenvalue weighted by Crippen LogP contribution is 2.39. The van der Waals surface area contributed by atoms with E-state index < -0.39 is 5.41 Å². The largest absolute Gasteiger partial charge is 0.355 e. The van der Waals surface area contributed by atoms with E-state index in [9.17, 15) is 9.59 Å². The molecule has 5 heteroatoms. The summed E-state index contributed by atoms with van der Waals surface area (Å²) in [5, 5.41) is 3.19. The van der Waals surface area contributed by atoms with Crippen molar-refractivity contribution in [2.45, 2.75) is 52.4 Å². The van der Waals surface area contributed by atoms with Crippen molar-refractivity contribution in [3.8, 4) is 11.1 Å². The van der Waals surface area contributed by atoms with Crippen molar-refractivity contribution in [3.05, 3.63) is 54.4 Å². The van der Waals surface area contributed by atoms with Crippen LogP contribution < -0.4 is 5.32 Å². The van der Waals surface area contributed by atoms with Crippen LogP contribution in [0.2, 0.25) is 0 Å². The lowest BCUT2D eigenvalue weighted by Gasteiger charge is -2.30. The van der Waals surface area contributed by atoms with E-state index in [1.54, 1.807) is 12.4 Å². The van der Waals surface area contributed by atoms with Gasteiger partial charge in [-0.1, -0.05) is 51.0 Å². The number of hydrogen-bond donors (Lipinski definition) is 1. The summed E-state index contributed by atoms with van der Waals surface area (Å²) >= 11 is 0. The molecule has 1 aromatic heterocycles. The molecule has 1 aliphatic heterocycles. The van der Waals surface area contributed by atoms with Gasteiger partial charge in [0, 0.05) is 37.9 Å². The Morgan fingerprint density at radius 1 is 1.12 bits per heavy atom. The third kappa shape index (κ3) is 4.87. The number of rotatable bonds is 7. The molecule has 2 aromatic rings. The number of nitrogens with one attached hydrogen (secondary N) is 1. The highest BCUT2D eigenvalue weighted by Gasteiger charge is 2.47. The van der Waals surface area contributed by atoms with Crippen LogP contribution in [-0.4, -0.2) is 41.3 Å². The van der Waals surface area contributed by atoms with Gasteiger partial charge in [0.25, 0.3) is 0 Å². The second-order valence-electron chi connectivity index (χ2n) is 9.95. The minimum Gasteiger partial charge on any atom is -0.355 e. The standard InChI is InChI=1S/C27H35N3O2/c1-20(2)18-29-26(32)27(13-16-30(19-27)25(31)22-7-3-4-8-22)17-23-9-5-6-10-24(23)21-11-14-28-15-12-21/h5-6,9-12,14-15,20,22H,3-4,7-8,13,16-19H2,1-2H3,(H,29,32). The molecule has 2 amide bonds. The third-order valence-electron chi connectivity index (χ3n) is 7.06. The van der Waals surface area contributed by atoms with Gasteiger partial charge in [0.15, 0.2) is 0 Å². The molecule has 0 radical (unpaired) electrons. The zero-order valence-corrected chi connectivity index (χ0v) is 19.3. The zero-order valence-electron chi connectivity index (χ0n) is 19.3. The monoisotopic (exact) mass is 433 g/mol. The van der Waals surface area contributed by atoms with Gasteiger partial charge in [-0.05, 0) is 60.4 Å². The number of hydrogen-bond acceptors (Lipinski definition) is 3. The molecule has 1 saturated carbocycles. The molecular formula is C27H35N3O2. The fourth-order valence-electron chi connectivity index (χ4n) is 5.24. The summed E-state index contributed by atoms with van der Waals surface area (Å²) in [5.74, 6) is 0.868. The highest BCUT2D eigenvalue weighted by molar-refractivity contribution is 5.86. The Labute approximate surface area is 191 Å². The number of nitrogens with zero attached hydrogens (tertiary/aromatic N) is 2. The van der Waals surface area contributed by atoms with E-state index in [1.807, 2.05) is 29.2 Å². The van der Waals surface area contributed by atoms with Gasteiger partial charge in [-0.3, -0.25) is 14.6 Å². The van der Waals surface area contributed by atoms with E-state index >= 15 is 0 Å². The van der Waals surface area contributed by atoms with Gasteiger partial charge in [-0.2, -0.15) is 0 Å².